The summed E-state index contributed by atoms with van der Waals surface area (Å²) in [7, 11) is 1.90. The molecule has 0 aliphatic heterocycles. The van der Waals surface area contributed by atoms with Gasteiger partial charge in [0.25, 0.3) is 0 Å². The van der Waals surface area contributed by atoms with Gasteiger partial charge in [-0.05, 0) is 37.7 Å². The molecule has 1 atom stereocenters. The Labute approximate surface area is 90.4 Å². The summed E-state index contributed by atoms with van der Waals surface area (Å²) in [6.07, 6.45) is 2.23. The molecule has 0 saturated carbocycles. The molecule has 1 aromatic carbocycles. The minimum absolute atomic E-state index is 0.158. The monoisotopic (exact) mass is 211 g/mol. The van der Waals surface area contributed by atoms with E-state index in [9.17, 15) is 4.39 Å². The van der Waals surface area contributed by atoms with Crippen molar-refractivity contribution in [2.24, 2.45) is 0 Å². The molecule has 15 heavy (non-hydrogen) atoms. The van der Waals surface area contributed by atoms with Crippen molar-refractivity contribution in [3.05, 3.63) is 30.1 Å². The maximum Gasteiger partial charge on any atom is 0.123 e. The summed E-state index contributed by atoms with van der Waals surface area (Å²) in [5, 5.41) is 3.09. The first-order valence-electron chi connectivity index (χ1n) is 5.33. The first-order chi connectivity index (χ1) is 7.26. The van der Waals surface area contributed by atoms with Gasteiger partial charge in [-0.2, -0.15) is 0 Å². The molecule has 1 unspecified atom stereocenters. The van der Waals surface area contributed by atoms with Crippen LogP contribution in [0, 0.1) is 5.82 Å². The third-order valence-corrected chi connectivity index (χ3v) is 2.16. The number of halogens is 1. The molecular formula is C12H18FNO. The number of hydrogen-bond acceptors (Lipinski definition) is 2. The fourth-order valence-electron chi connectivity index (χ4n) is 1.46. The molecule has 0 bridgehead atoms. The summed E-state index contributed by atoms with van der Waals surface area (Å²) in [5.74, 6) is 0.494. The predicted molar refractivity (Wildman–Crippen MR) is 59.7 cm³/mol. The van der Waals surface area contributed by atoms with E-state index < -0.39 is 0 Å². The standard InChI is InChI=1S/C12H18FNO/c1-3-4-12(9-14-2)15-11-7-5-10(13)6-8-11/h5-8,12,14H,3-4,9H2,1-2H3. The molecule has 1 aromatic rings. The molecule has 1 N–H and O–H groups in total. The van der Waals surface area contributed by atoms with Gasteiger partial charge >= 0.3 is 0 Å². The third-order valence-electron chi connectivity index (χ3n) is 2.16. The summed E-state index contributed by atoms with van der Waals surface area (Å²) in [5.41, 5.74) is 0. The van der Waals surface area contributed by atoms with Crippen molar-refractivity contribution in [3.63, 3.8) is 0 Å². The van der Waals surface area contributed by atoms with Gasteiger partial charge in [-0.15, -0.1) is 0 Å². The van der Waals surface area contributed by atoms with E-state index in [1.54, 1.807) is 12.1 Å². The van der Waals surface area contributed by atoms with Crippen molar-refractivity contribution in [1.29, 1.82) is 0 Å². The smallest absolute Gasteiger partial charge is 0.123 e. The average molecular weight is 211 g/mol. The third kappa shape index (κ3) is 4.30. The van der Waals surface area contributed by atoms with Crippen molar-refractivity contribution in [3.8, 4) is 5.75 Å². The van der Waals surface area contributed by atoms with E-state index in [4.69, 9.17) is 4.74 Å². The lowest BCUT2D eigenvalue weighted by atomic mass is 10.2. The Kier molecular flexibility index (Phi) is 5.12. The normalized spacial score (nSPS) is 12.5. The van der Waals surface area contributed by atoms with Gasteiger partial charge in [0, 0.05) is 6.54 Å². The van der Waals surface area contributed by atoms with Gasteiger partial charge in [0.2, 0.25) is 0 Å². The minimum Gasteiger partial charge on any atom is -0.489 e. The lowest BCUT2D eigenvalue weighted by Crippen LogP contribution is -2.29. The second-order valence-corrected chi connectivity index (χ2v) is 3.54. The van der Waals surface area contributed by atoms with Gasteiger partial charge in [0.05, 0.1) is 0 Å². The van der Waals surface area contributed by atoms with Gasteiger partial charge in [0.1, 0.15) is 17.7 Å². The zero-order valence-corrected chi connectivity index (χ0v) is 9.29. The molecule has 2 nitrogen and oxygen atoms in total. The Morgan fingerprint density at radius 3 is 2.53 bits per heavy atom. The number of benzene rings is 1. The summed E-state index contributed by atoms with van der Waals surface area (Å²) >= 11 is 0. The topological polar surface area (TPSA) is 21.3 Å². The SMILES string of the molecule is CCCC(CNC)Oc1ccc(F)cc1. The molecular weight excluding hydrogens is 193 g/mol. The molecule has 0 aliphatic carbocycles. The van der Waals surface area contributed by atoms with Gasteiger partial charge in [-0.1, -0.05) is 13.3 Å². The van der Waals surface area contributed by atoms with Gasteiger partial charge in [-0.25, -0.2) is 4.39 Å². The number of ether oxygens (including phenoxy) is 1. The van der Waals surface area contributed by atoms with Gasteiger partial charge < -0.3 is 10.1 Å². The van der Waals surface area contributed by atoms with E-state index in [0.717, 1.165) is 25.1 Å². The number of rotatable bonds is 6. The van der Waals surface area contributed by atoms with Crippen LogP contribution in [0.5, 0.6) is 5.75 Å². The van der Waals surface area contributed by atoms with Crippen LogP contribution in [0.1, 0.15) is 19.8 Å². The van der Waals surface area contributed by atoms with Crippen LogP contribution in [0.4, 0.5) is 4.39 Å². The summed E-state index contributed by atoms with van der Waals surface area (Å²) in [6, 6.07) is 6.15. The van der Waals surface area contributed by atoms with Crippen LogP contribution in [-0.4, -0.2) is 19.7 Å². The molecule has 0 radical (unpaired) electrons. The van der Waals surface area contributed by atoms with Crippen molar-refractivity contribution >= 4 is 0 Å². The zero-order valence-electron chi connectivity index (χ0n) is 9.29. The highest BCUT2D eigenvalue weighted by Gasteiger charge is 2.07. The van der Waals surface area contributed by atoms with Crippen LogP contribution >= 0.6 is 0 Å². The first kappa shape index (κ1) is 12.0. The summed E-state index contributed by atoms with van der Waals surface area (Å²) < 4.78 is 18.4. The molecule has 0 aromatic heterocycles. The lowest BCUT2D eigenvalue weighted by molar-refractivity contribution is 0.189. The Morgan fingerprint density at radius 2 is 2.00 bits per heavy atom. The van der Waals surface area contributed by atoms with Crippen molar-refractivity contribution < 1.29 is 9.13 Å². The Balaban J connectivity index is 2.53. The molecule has 0 fully saturated rings. The molecule has 0 heterocycles. The maximum atomic E-state index is 12.7. The molecule has 0 saturated heterocycles. The quantitative estimate of drug-likeness (QED) is 0.781. The van der Waals surface area contributed by atoms with E-state index >= 15 is 0 Å². The van der Waals surface area contributed by atoms with Crippen LogP contribution < -0.4 is 10.1 Å². The van der Waals surface area contributed by atoms with Crippen molar-refractivity contribution in [2.75, 3.05) is 13.6 Å². The highest BCUT2D eigenvalue weighted by atomic mass is 19.1. The molecule has 1 rings (SSSR count). The molecule has 3 heteroatoms. The highest BCUT2D eigenvalue weighted by Crippen LogP contribution is 2.14. The number of nitrogens with one attached hydrogen (secondary N) is 1. The van der Waals surface area contributed by atoms with Crippen LogP contribution in [-0.2, 0) is 0 Å². The fourth-order valence-corrected chi connectivity index (χ4v) is 1.46. The summed E-state index contributed by atoms with van der Waals surface area (Å²) in [6.45, 7) is 2.93. The van der Waals surface area contributed by atoms with E-state index in [1.807, 2.05) is 7.05 Å². The second-order valence-electron chi connectivity index (χ2n) is 3.54. The maximum absolute atomic E-state index is 12.7. The number of hydrogen-bond donors (Lipinski definition) is 1. The summed E-state index contributed by atoms with van der Waals surface area (Å²) in [4.78, 5) is 0. The van der Waals surface area contributed by atoms with E-state index in [-0.39, 0.29) is 11.9 Å². The highest BCUT2D eigenvalue weighted by molar-refractivity contribution is 5.22. The second kappa shape index (κ2) is 6.40. The van der Waals surface area contributed by atoms with Gasteiger partial charge in [0.15, 0.2) is 0 Å². The average Bonchev–Trinajstić information content (AvgIpc) is 2.22. The zero-order chi connectivity index (χ0) is 11.1. The van der Waals surface area contributed by atoms with Crippen molar-refractivity contribution in [2.45, 2.75) is 25.9 Å². The van der Waals surface area contributed by atoms with Gasteiger partial charge in [-0.3, -0.25) is 0 Å². The molecule has 0 aliphatic rings. The van der Waals surface area contributed by atoms with Crippen LogP contribution in [0.3, 0.4) is 0 Å². The van der Waals surface area contributed by atoms with E-state index in [1.165, 1.54) is 12.1 Å². The molecule has 0 amide bonds. The Morgan fingerprint density at radius 1 is 1.33 bits per heavy atom. The van der Waals surface area contributed by atoms with Crippen LogP contribution in [0.25, 0.3) is 0 Å². The van der Waals surface area contributed by atoms with Crippen LogP contribution in [0.2, 0.25) is 0 Å². The minimum atomic E-state index is -0.233. The Hall–Kier alpha value is -1.09. The van der Waals surface area contributed by atoms with Crippen LogP contribution in [0.15, 0.2) is 24.3 Å². The largest absolute Gasteiger partial charge is 0.489 e. The lowest BCUT2D eigenvalue weighted by Gasteiger charge is -2.18. The molecule has 84 valence electrons. The van der Waals surface area contributed by atoms with Crippen molar-refractivity contribution in [1.82, 2.24) is 5.32 Å². The number of likely N-dealkylation sites (N-methyl/N-ethyl adjacent to an activating group) is 1. The first-order valence-corrected chi connectivity index (χ1v) is 5.33. The predicted octanol–water partition coefficient (Wildman–Crippen LogP) is 2.59. The fraction of sp³-hybridized carbons (Fsp3) is 0.500. The van der Waals surface area contributed by atoms with E-state index in [2.05, 4.69) is 12.2 Å². The molecule has 0 spiro atoms. The van der Waals surface area contributed by atoms with E-state index in [0.29, 0.717) is 0 Å². The Bertz CT molecular complexity index is 267.